The molecule has 0 spiro atoms. The van der Waals surface area contributed by atoms with Crippen LogP contribution in [0.2, 0.25) is 0 Å². The van der Waals surface area contributed by atoms with Crippen molar-refractivity contribution in [2.45, 2.75) is 49.7 Å². The lowest BCUT2D eigenvalue weighted by molar-refractivity contribution is -0.162. The molecule has 2 aromatic heterocycles. The van der Waals surface area contributed by atoms with Gasteiger partial charge in [0, 0.05) is 43.3 Å². The maximum Gasteiger partial charge on any atom is 0.406 e. The van der Waals surface area contributed by atoms with Gasteiger partial charge in [0.15, 0.2) is 17.3 Å². The van der Waals surface area contributed by atoms with Crippen LogP contribution in [0.5, 0.6) is 0 Å². The van der Waals surface area contributed by atoms with Crippen molar-refractivity contribution in [2.75, 3.05) is 26.1 Å². The molecule has 2 N–H and O–H groups in total. The summed E-state index contributed by atoms with van der Waals surface area (Å²) in [5.41, 5.74) is -1.24. The molecule has 2 fully saturated rings. The van der Waals surface area contributed by atoms with E-state index in [0.717, 1.165) is 22.8 Å². The van der Waals surface area contributed by atoms with Gasteiger partial charge < -0.3 is 15.1 Å². The third-order valence-corrected chi connectivity index (χ3v) is 6.58. The van der Waals surface area contributed by atoms with E-state index in [4.69, 9.17) is 9.60 Å². The highest BCUT2D eigenvalue weighted by Gasteiger charge is 2.40. The fraction of sp³-hybridized carbons (Fsp3) is 0.462. The number of hydrogen-bond donors (Lipinski definition) is 2. The van der Waals surface area contributed by atoms with Crippen LogP contribution in [0.25, 0.3) is 11.2 Å². The number of carbonyl (C=O) groups excluding carboxylic acids is 2. The Balaban J connectivity index is 1.46. The van der Waals surface area contributed by atoms with E-state index in [-0.39, 0.29) is 16.1 Å². The Labute approximate surface area is 234 Å². The van der Waals surface area contributed by atoms with E-state index in [0.29, 0.717) is 4.90 Å². The average Bonchev–Trinajstić information content (AvgIpc) is 3.20. The van der Waals surface area contributed by atoms with Crippen LogP contribution < -0.4 is 11.0 Å². The van der Waals surface area contributed by atoms with Gasteiger partial charge in [-0.2, -0.15) is 13.2 Å². The van der Waals surface area contributed by atoms with Crippen LogP contribution in [0, 0.1) is 11.6 Å². The fourth-order valence-corrected chi connectivity index (χ4v) is 4.71. The number of imidazole rings is 1. The Hall–Kier alpha value is -3.97. The number of alkyl halides is 3. The van der Waals surface area contributed by atoms with Gasteiger partial charge in [0.05, 0.1) is 9.63 Å². The van der Waals surface area contributed by atoms with Crippen LogP contribution in [-0.4, -0.2) is 74.6 Å². The molecule has 14 heteroatoms. The number of rotatable bonds is 4. The summed E-state index contributed by atoms with van der Waals surface area (Å²) in [6.07, 6.45) is -11.0. The minimum absolute atomic E-state index is 0.0481. The van der Waals surface area contributed by atoms with Gasteiger partial charge in [-0.1, -0.05) is 12.1 Å². The van der Waals surface area contributed by atoms with E-state index in [9.17, 15) is 36.3 Å². The molecule has 3 amide bonds. The number of likely N-dealkylation sites (tertiary alicyclic amines) is 2. The quantitative estimate of drug-likeness (QED) is 0.465. The number of nitrogens with one attached hydrogen (secondary N) is 2. The third-order valence-electron chi connectivity index (χ3n) is 6.58. The number of nitrogens with zero attached hydrogens (tertiary/aromatic N) is 4. The van der Waals surface area contributed by atoms with E-state index in [1.807, 2.05) is 5.32 Å². The summed E-state index contributed by atoms with van der Waals surface area (Å²) in [6, 6.07) is -0.616. The molecule has 2 aliphatic heterocycles. The minimum atomic E-state index is -5.72. The molecule has 0 bridgehead atoms. The lowest BCUT2D eigenvalue weighted by Crippen LogP contribution is -2.54. The normalized spacial score (nSPS) is 28.4. The number of H-pyrrole nitrogens is 1. The molecule has 0 aliphatic carbocycles. The van der Waals surface area contributed by atoms with Gasteiger partial charge in [0.2, 0.25) is 5.91 Å². The molecular formula is C26H27F5N6O3. The zero-order valence-corrected chi connectivity index (χ0v) is 20.6. The summed E-state index contributed by atoms with van der Waals surface area (Å²) in [5.74, 6) is -6.12. The van der Waals surface area contributed by atoms with Crippen LogP contribution in [0.1, 0.15) is 52.7 Å². The molecule has 3 aromatic rings. The van der Waals surface area contributed by atoms with Crippen molar-refractivity contribution in [3.63, 3.8) is 0 Å². The van der Waals surface area contributed by atoms with Crippen molar-refractivity contribution in [3.8, 4) is 0 Å². The smallest absolute Gasteiger partial charge is 0.331 e. The largest absolute Gasteiger partial charge is 0.406 e. The van der Waals surface area contributed by atoms with Crippen molar-refractivity contribution in [3.05, 3.63) is 64.2 Å². The summed E-state index contributed by atoms with van der Waals surface area (Å²) in [4.78, 5) is 46.3. The molecule has 0 unspecified atom stereocenters. The van der Waals surface area contributed by atoms with Gasteiger partial charge in [-0.15, -0.1) is 0 Å². The van der Waals surface area contributed by atoms with Gasteiger partial charge in [-0.3, -0.25) is 14.3 Å². The Morgan fingerprint density at radius 3 is 2.65 bits per heavy atom. The lowest BCUT2D eigenvalue weighted by atomic mass is 9.93. The van der Waals surface area contributed by atoms with Gasteiger partial charge in [-0.05, 0) is 49.4 Å². The number of amides is 3. The predicted molar refractivity (Wildman–Crippen MR) is 133 cm³/mol. The summed E-state index contributed by atoms with van der Waals surface area (Å²) >= 11 is 0. The SMILES string of the molecule is [2H]C1([2H])CN(C(=O)N[C@]2([2H])CC[C@@H](c3cccc(F)c3F)CN(C([2H])([2H])C(F)(F)F)C2=O)CC([2H])([2H])C1n1c(=O)[nH]c2ncccc21. The highest BCUT2D eigenvalue weighted by molar-refractivity contribution is 5.87. The molecule has 2 saturated heterocycles. The average molecular weight is 574 g/mol. The van der Waals surface area contributed by atoms with Crippen LogP contribution in [0.3, 0.4) is 0 Å². The molecular weight excluding hydrogens is 539 g/mol. The van der Waals surface area contributed by atoms with Crippen molar-refractivity contribution < 1.29 is 41.1 Å². The number of hydrogen-bond acceptors (Lipinski definition) is 4. The van der Waals surface area contributed by atoms with Crippen LogP contribution in [0.15, 0.2) is 41.3 Å². The Morgan fingerprint density at radius 2 is 1.93 bits per heavy atom. The monoisotopic (exact) mass is 573 g/mol. The number of aromatic nitrogens is 3. The fourth-order valence-electron chi connectivity index (χ4n) is 4.71. The van der Waals surface area contributed by atoms with Crippen LogP contribution in [0.4, 0.5) is 26.7 Å². The zero-order valence-electron chi connectivity index (χ0n) is 27.6. The molecule has 214 valence electrons. The number of fused-ring (bicyclic) bond motifs is 1. The van der Waals surface area contributed by atoms with E-state index in [2.05, 4.69) is 9.97 Å². The third kappa shape index (κ3) is 5.65. The maximum absolute atomic E-state index is 14.7. The number of aromatic amines is 1. The summed E-state index contributed by atoms with van der Waals surface area (Å²) in [6.45, 7) is -7.39. The number of halogens is 5. The maximum atomic E-state index is 14.7. The molecule has 2 aliphatic rings. The molecule has 0 radical (unpaired) electrons. The molecule has 1 aromatic carbocycles. The zero-order chi connectivity index (χ0) is 34.9. The number of piperidine rings is 1. The van der Waals surface area contributed by atoms with Gasteiger partial charge in [-0.25, -0.2) is 23.4 Å². The van der Waals surface area contributed by atoms with Gasteiger partial charge in [0.25, 0.3) is 0 Å². The number of pyridine rings is 1. The minimum Gasteiger partial charge on any atom is -0.331 e. The highest BCUT2D eigenvalue weighted by atomic mass is 19.4. The van der Waals surface area contributed by atoms with E-state index < -0.39 is 111 Å². The second kappa shape index (κ2) is 10.9. The Morgan fingerprint density at radius 1 is 1.18 bits per heavy atom. The number of urea groups is 1. The Bertz CT molecular complexity index is 1770. The van der Waals surface area contributed by atoms with Gasteiger partial charge >= 0.3 is 17.9 Å². The Kier molecular flexibility index (Phi) is 5.44. The molecule has 0 saturated carbocycles. The first-order valence-electron chi connectivity index (χ1n) is 15.6. The first-order chi connectivity index (χ1) is 21.6. The lowest BCUT2D eigenvalue weighted by Gasteiger charge is -2.34. The predicted octanol–water partition coefficient (Wildman–Crippen LogP) is 3.69. The second-order valence-electron chi connectivity index (χ2n) is 9.15. The van der Waals surface area contributed by atoms with Crippen molar-refractivity contribution >= 4 is 23.1 Å². The standard InChI is InChI=1S/C26H27F5N6O3/c27-18-4-1-3-17(21(18)28)15-6-7-19(23(38)36(13-15)14-26(29,30)31)33-24(39)35-11-8-16(9-12-35)37-20-5-2-10-32-22(20)34-25(37)40/h1-5,10,15-16,19H,6-9,11-14H2,(H,33,39)(H,32,34,40)/t15-,19-/m1/s1/i8D2,9D2,14D2,19D. The topological polar surface area (TPSA) is 103 Å². The van der Waals surface area contributed by atoms with Crippen molar-refractivity contribution in [1.29, 1.82) is 0 Å². The summed E-state index contributed by atoms with van der Waals surface area (Å²) < 4.78 is 130. The van der Waals surface area contributed by atoms with Crippen molar-refractivity contribution in [1.82, 2.24) is 29.7 Å². The van der Waals surface area contributed by atoms with E-state index in [1.54, 1.807) is 0 Å². The molecule has 5 rings (SSSR count). The highest BCUT2D eigenvalue weighted by Crippen LogP contribution is 2.32. The first-order valence-corrected chi connectivity index (χ1v) is 12.1. The van der Waals surface area contributed by atoms with E-state index in [1.165, 1.54) is 18.3 Å². The molecule has 2 atom stereocenters. The first kappa shape index (κ1) is 20.0. The molecule has 4 heterocycles. The molecule has 40 heavy (non-hydrogen) atoms. The van der Waals surface area contributed by atoms with Crippen LogP contribution >= 0.6 is 0 Å². The second-order valence-corrected chi connectivity index (χ2v) is 9.15. The summed E-state index contributed by atoms with van der Waals surface area (Å²) in [5, 5.41) is 1.92. The molecule has 9 nitrogen and oxygen atoms in total. The van der Waals surface area contributed by atoms with E-state index >= 15 is 0 Å². The number of carbonyl (C=O) groups is 2. The summed E-state index contributed by atoms with van der Waals surface area (Å²) in [7, 11) is 0. The van der Waals surface area contributed by atoms with Crippen LogP contribution in [-0.2, 0) is 4.79 Å². The number of benzene rings is 1. The van der Waals surface area contributed by atoms with Crippen molar-refractivity contribution in [2.24, 2.45) is 0 Å². The van der Waals surface area contributed by atoms with Gasteiger partial charge in [0.1, 0.15) is 12.5 Å².